The fourth-order valence-electron chi connectivity index (χ4n) is 4.46. The number of rotatable bonds is 4. The van der Waals surface area contributed by atoms with Gasteiger partial charge in [0, 0.05) is 37.4 Å². The van der Waals surface area contributed by atoms with Gasteiger partial charge in [0.05, 0.1) is 0 Å². The molecule has 5 rings (SSSR count). The van der Waals surface area contributed by atoms with Crippen molar-refractivity contribution >= 4 is 15.7 Å². The highest BCUT2D eigenvalue weighted by Gasteiger charge is 2.37. The average molecular weight is 516 g/mol. The van der Waals surface area contributed by atoms with Crippen molar-refractivity contribution in [3.63, 3.8) is 0 Å². The maximum atomic E-state index is 14.8. The molecule has 192 valence electrons. The van der Waals surface area contributed by atoms with Gasteiger partial charge in [-0.2, -0.15) is 9.40 Å². The quantitative estimate of drug-likeness (QED) is 0.518. The molecule has 0 aliphatic carbocycles. The van der Waals surface area contributed by atoms with E-state index in [4.69, 9.17) is 0 Å². The monoisotopic (exact) mass is 515 g/mol. The second-order valence-electron chi connectivity index (χ2n) is 8.53. The number of nitrogens with zero attached hydrogens (tertiary/aromatic N) is 4. The summed E-state index contributed by atoms with van der Waals surface area (Å²) in [6.07, 6.45) is 12.7. The van der Waals surface area contributed by atoms with Gasteiger partial charge in [-0.25, -0.2) is 22.2 Å². The molecule has 2 atom stereocenters. The molecule has 0 amide bonds. The van der Waals surface area contributed by atoms with E-state index in [9.17, 15) is 17.2 Å². The van der Waals surface area contributed by atoms with Crippen LogP contribution in [-0.2, 0) is 16.6 Å². The maximum absolute atomic E-state index is 14.8. The Morgan fingerprint density at radius 1 is 1.06 bits per heavy atom. The van der Waals surface area contributed by atoms with Crippen LogP contribution >= 0.6 is 0 Å². The van der Waals surface area contributed by atoms with Crippen molar-refractivity contribution in [2.45, 2.75) is 43.6 Å². The Kier molecular flexibility index (Phi) is 9.96. The van der Waals surface area contributed by atoms with Gasteiger partial charge >= 0.3 is 0 Å². The second-order valence-corrected chi connectivity index (χ2v) is 10.6. The minimum atomic E-state index is -3.56. The van der Waals surface area contributed by atoms with Crippen LogP contribution in [0.2, 0.25) is 0 Å². The number of aromatic amines is 1. The van der Waals surface area contributed by atoms with Crippen molar-refractivity contribution in [1.29, 1.82) is 0 Å². The Labute approximate surface area is 211 Å². The van der Waals surface area contributed by atoms with Gasteiger partial charge in [0.1, 0.15) is 29.9 Å². The first kappa shape index (κ1) is 27.3. The SMILES string of the molecule is C#C.O=S1(=O)[C@@H](c2ccccc2)CCCN1Cc1ccc(N2CCC[C@@H](F)C2)cc1F.c1nc[nH]n1. The number of anilines is 1. The third-order valence-corrected chi connectivity index (χ3v) is 8.47. The van der Waals surface area contributed by atoms with Gasteiger partial charge in [-0.05, 0) is 43.4 Å². The first-order valence-corrected chi connectivity index (χ1v) is 13.3. The minimum absolute atomic E-state index is 0.0174. The Hall–Kier alpha value is -3.29. The first-order chi connectivity index (χ1) is 17.4. The number of alkyl halides is 1. The molecule has 2 aliphatic heterocycles. The summed E-state index contributed by atoms with van der Waals surface area (Å²) in [6.45, 7) is 1.39. The second kappa shape index (κ2) is 13.1. The van der Waals surface area contributed by atoms with Crippen molar-refractivity contribution in [2.75, 3.05) is 24.5 Å². The van der Waals surface area contributed by atoms with Gasteiger partial charge in [0.25, 0.3) is 0 Å². The van der Waals surface area contributed by atoms with Crippen LogP contribution in [0, 0.1) is 18.7 Å². The molecule has 2 aromatic carbocycles. The van der Waals surface area contributed by atoms with Crippen LogP contribution in [0.3, 0.4) is 0 Å². The van der Waals surface area contributed by atoms with Crippen LogP contribution < -0.4 is 4.90 Å². The van der Waals surface area contributed by atoms with Gasteiger partial charge in [-0.1, -0.05) is 36.4 Å². The zero-order valence-electron chi connectivity index (χ0n) is 20.0. The molecule has 1 N–H and O–H groups in total. The lowest BCUT2D eigenvalue weighted by atomic mass is 10.1. The van der Waals surface area contributed by atoms with Gasteiger partial charge in [0.15, 0.2) is 0 Å². The highest BCUT2D eigenvalue weighted by molar-refractivity contribution is 7.89. The molecule has 0 spiro atoms. The summed E-state index contributed by atoms with van der Waals surface area (Å²) in [5.74, 6) is -0.444. The summed E-state index contributed by atoms with van der Waals surface area (Å²) < 4.78 is 56.1. The average Bonchev–Trinajstić information content (AvgIpc) is 3.48. The van der Waals surface area contributed by atoms with Crippen LogP contribution in [0.4, 0.5) is 14.5 Å². The fourth-order valence-corrected chi connectivity index (χ4v) is 6.49. The molecule has 10 heteroatoms. The van der Waals surface area contributed by atoms with Gasteiger partial charge in [-0.15, -0.1) is 12.8 Å². The predicted octanol–water partition coefficient (Wildman–Crippen LogP) is 4.49. The fraction of sp³-hybridized carbons (Fsp3) is 0.385. The molecule has 2 fully saturated rings. The summed E-state index contributed by atoms with van der Waals surface area (Å²) in [5.41, 5.74) is 1.77. The number of hydrogen-bond donors (Lipinski definition) is 1. The largest absolute Gasteiger partial charge is 0.369 e. The van der Waals surface area contributed by atoms with Crippen molar-refractivity contribution in [3.05, 3.63) is 78.1 Å². The predicted molar refractivity (Wildman–Crippen MR) is 137 cm³/mol. The Balaban J connectivity index is 0.000000452. The molecule has 0 radical (unpaired) electrons. The normalized spacial score (nSPS) is 21.4. The summed E-state index contributed by atoms with van der Waals surface area (Å²) in [5, 5.41) is 5.40. The van der Waals surface area contributed by atoms with E-state index in [1.54, 1.807) is 12.1 Å². The van der Waals surface area contributed by atoms with E-state index < -0.39 is 27.3 Å². The lowest BCUT2D eigenvalue weighted by Crippen LogP contribution is -2.39. The first-order valence-electron chi connectivity index (χ1n) is 11.8. The molecule has 3 aromatic rings. The molecule has 1 aromatic heterocycles. The van der Waals surface area contributed by atoms with E-state index in [0.29, 0.717) is 37.2 Å². The number of sulfonamides is 1. The van der Waals surface area contributed by atoms with Crippen LogP contribution in [0.1, 0.15) is 42.1 Å². The standard InChI is InChI=1S/C22H26F2N2O2S.C2H3N3.C2H2/c23-19-8-4-12-25(16-19)20-11-10-18(21(24)14-20)15-26-13-5-9-22(29(26,27)28)17-6-2-1-3-7-17;1-3-2-5-4-1;1-2/h1-3,6-7,10-11,14,19,22H,4-5,8-9,12-13,15-16H2;1-2H,(H,3,4,5);1-2H/t19-,22-;;/m1../s1. The summed E-state index contributed by atoms with van der Waals surface area (Å²) in [6, 6.07) is 14.0. The van der Waals surface area contributed by atoms with Gasteiger partial charge in [0.2, 0.25) is 10.0 Å². The Morgan fingerprint density at radius 2 is 1.81 bits per heavy atom. The van der Waals surface area contributed by atoms with E-state index in [0.717, 1.165) is 18.4 Å². The van der Waals surface area contributed by atoms with E-state index in [1.807, 2.05) is 35.2 Å². The molecule has 0 unspecified atom stereocenters. The number of aromatic nitrogens is 3. The topological polar surface area (TPSA) is 82.2 Å². The van der Waals surface area contributed by atoms with Crippen LogP contribution in [0.15, 0.2) is 61.2 Å². The maximum Gasteiger partial charge on any atom is 0.221 e. The van der Waals surface area contributed by atoms with Gasteiger partial charge < -0.3 is 4.90 Å². The third-order valence-electron chi connectivity index (χ3n) is 6.21. The minimum Gasteiger partial charge on any atom is -0.369 e. The summed E-state index contributed by atoms with van der Waals surface area (Å²) in [4.78, 5) is 5.41. The van der Waals surface area contributed by atoms with E-state index >= 15 is 0 Å². The lowest BCUT2D eigenvalue weighted by molar-refractivity contribution is 0.286. The van der Waals surface area contributed by atoms with Crippen molar-refractivity contribution in [2.24, 2.45) is 0 Å². The van der Waals surface area contributed by atoms with Crippen molar-refractivity contribution < 1.29 is 17.2 Å². The molecule has 2 aliphatic rings. The third kappa shape index (κ3) is 6.89. The number of H-pyrrole nitrogens is 1. The van der Waals surface area contributed by atoms with Crippen LogP contribution in [0.5, 0.6) is 0 Å². The van der Waals surface area contributed by atoms with Crippen molar-refractivity contribution in [1.82, 2.24) is 19.5 Å². The molecule has 2 saturated heterocycles. The lowest BCUT2D eigenvalue weighted by Gasteiger charge is -2.33. The highest BCUT2D eigenvalue weighted by atomic mass is 32.2. The van der Waals surface area contributed by atoms with E-state index in [1.165, 1.54) is 23.0 Å². The zero-order valence-corrected chi connectivity index (χ0v) is 20.8. The molecule has 7 nitrogen and oxygen atoms in total. The van der Waals surface area contributed by atoms with Crippen LogP contribution in [0.25, 0.3) is 0 Å². The molecular formula is C26H31F2N5O2S. The molecule has 0 bridgehead atoms. The van der Waals surface area contributed by atoms with E-state index in [-0.39, 0.29) is 13.1 Å². The van der Waals surface area contributed by atoms with E-state index in [2.05, 4.69) is 28.0 Å². The summed E-state index contributed by atoms with van der Waals surface area (Å²) >= 11 is 0. The number of terminal acetylenes is 1. The molecule has 36 heavy (non-hydrogen) atoms. The highest BCUT2D eigenvalue weighted by Crippen LogP contribution is 2.35. The smallest absolute Gasteiger partial charge is 0.221 e. The zero-order chi connectivity index (χ0) is 26.0. The van der Waals surface area contributed by atoms with Crippen molar-refractivity contribution in [3.8, 4) is 12.8 Å². The number of benzene rings is 2. The summed E-state index contributed by atoms with van der Waals surface area (Å²) in [7, 11) is -3.56. The molecular weight excluding hydrogens is 484 g/mol. The van der Waals surface area contributed by atoms with Gasteiger partial charge in [-0.3, -0.25) is 5.10 Å². The number of nitrogens with one attached hydrogen (secondary N) is 1. The van der Waals surface area contributed by atoms with Crippen LogP contribution in [-0.4, -0.2) is 53.7 Å². The number of hydrogen-bond acceptors (Lipinski definition) is 5. The number of piperidine rings is 1. The Bertz CT molecular complexity index is 1170. The molecule has 0 saturated carbocycles. The Morgan fingerprint density at radius 3 is 2.42 bits per heavy atom. The number of halogens is 2. The molecule has 3 heterocycles.